The number of hydrogen-bond donors (Lipinski definition) is 0. The summed E-state index contributed by atoms with van der Waals surface area (Å²) in [5.41, 5.74) is 0. The van der Waals surface area contributed by atoms with Crippen molar-refractivity contribution in [3.05, 3.63) is 23.7 Å². The van der Waals surface area contributed by atoms with Gasteiger partial charge >= 0.3 is 0 Å². The molecule has 0 saturated heterocycles. The lowest BCUT2D eigenvalue weighted by atomic mass is 10.3. The molecule has 3 fully saturated rings. The highest BCUT2D eigenvalue weighted by Gasteiger charge is 2.46. The van der Waals surface area contributed by atoms with E-state index in [-0.39, 0.29) is 11.3 Å². The summed E-state index contributed by atoms with van der Waals surface area (Å²) in [7, 11) is -3.10. The Kier molecular flexibility index (Phi) is 2.80. The van der Waals surface area contributed by atoms with E-state index in [0.29, 0.717) is 18.4 Å². The molecule has 2 atom stereocenters. The smallest absolute Gasteiger partial charge is 0.217 e. The predicted molar refractivity (Wildman–Crippen MR) is 75.7 cm³/mol. The van der Waals surface area contributed by atoms with Gasteiger partial charge in [0.25, 0.3) is 0 Å². The van der Waals surface area contributed by atoms with Crippen LogP contribution in [0.3, 0.4) is 0 Å². The molecular weight excluding hydrogens is 274 g/mol. The quantitative estimate of drug-likeness (QED) is 0.811. The molecule has 1 aromatic rings. The van der Waals surface area contributed by atoms with Crippen molar-refractivity contribution >= 4 is 10.0 Å². The molecule has 0 amide bonds. The fourth-order valence-corrected chi connectivity index (χ4v) is 4.95. The zero-order valence-electron chi connectivity index (χ0n) is 11.8. The van der Waals surface area contributed by atoms with Crippen LogP contribution in [-0.4, -0.2) is 24.0 Å². The van der Waals surface area contributed by atoms with Crippen molar-refractivity contribution in [2.45, 2.75) is 62.8 Å². The van der Waals surface area contributed by atoms with Gasteiger partial charge in [0.1, 0.15) is 11.5 Å². The Hall–Kier alpha value is -0.810. The molecular formula is C15H21NO3S. The van der Waals surface area contributed by atoms with Gasteiger partial charge in [0.15, 0.2) is 0 Å². The van der Waals surface area contributed by atoms with Crippen molar-refractivity contribution in [2.24, 2.45) is 5.92 Å². The van der Waals surface area contributed by atoms with E-state index in [1.165, 1.54) is 6.42 Å². The topological polar surface area (TPSA) is 50.5 Å². The third-order valence-electron chi connectivity index (χ3n) is 4.70. The average molecular weight is 295 g/mol. The minimum atomic E-state index is -3.10. The Bertz CT molecular complexity index is 613. The van der Waals surface area contributed by atoms with Crippen LogP contribution in [0.2, 0.25) is 0 Å². The van der Waals surface area contributed by atoms with Gasteiger partial charge in [0.2, 0.25) is 10.0 Å². The predicted octanol–water partition coefficient (Wildman–Crippen LogP) is 2.86. The van der Waals surface area contributed by atoms with Crippen LogP contribution in [0.15, 0.2) is 16.5 Å². The number of sulfonamides is 1. The Labute approximate surface area is 120 Å². The lowest BCUT2D eigenvalue weighted by Gasteiger charge is -2.20. The highest BCUT2D eigenvalue weighted by Crippen LogP contribution is 2.47. The molecule has 3 saturated carbocycles. The molecule has 5 heteroatoms. The molecule has 3 aliphatic carbocycles. The van der Waals surface area contributed by atoms with Crippen LogP contribution < -0.4 is 0 Å². The van der Waals surface area contributed by atoms with Gasteiger partial charge in [-0.3, -0.25) is 0 Å². The molecule has 4 nitrogen and oxygen atoms in total. The second-order valence-electron chi connectivity index (χ2n) is 6.64. The monoisotopic (exact) mass is 295 g/mol. The van der Waals surface area contributed by atoms with Crippen LogP contribution in [0.5, 0.6) is 0 Å². The van der Waals surface area contributed by atoms with E-state index in [9.17, 15) is 8.42 Å². The van der Waals surface area contributed by atoms with Gasteiger partial charge in [-0.2, -0.15) is 4.31 Å². The maximum atomic E-state index is 12.5. The van der Waals surface area contributed by atoms with Crippen molar-refractivity contribution in [3.8, 4) is 0 Å². The Balaban J connectivity index is 1.52. The van der Waals surface area contributed by atoms with Crippen LogP contribution in [-0.2, 0) is 16.6 Å². The van der Waals surface area contributed by atoms with Crippen molar-refractivity contribution < 1.29 is 12.8 Å². The molecule has 4 rings (SSSR count). The van der Waals surface area contributed by atoms with Crippen molar-refractivity contribution in [1.29, 1.82) is 0 Å². The van der Waals surface area contributed by atoms with Crippen molar-refractivity contribution in [1.82, 2.24) is 4.31 Å². The molecule has 0 unspecified atom stereocenters. The van der Waals surface area contributed by atoms with Crippen molar-refractivity contribution in [3.63, 3.8) is 0 Å². The van der Waals surface area contributed by atoms with Gasteiger partial charge in [0.05, 0.1) is 11.8 Å². The zero-order valence-corrected chi connectivity index (χ0v) is 12.6. The first kappa shape index (κ1) is 12.9. The molecule has 0 spiro atoms. The van der Waals surface area contributed by atoms with Gasteiger partial charge < -0.3 is 4.42 Å². The van der Waals surface area contributed by atoms with Crippen molar-refractivity contribution in [2.75, 3.05) is 0 Å². The Morgan fingerprint density at radius 2 is 1.95 bits per heavy atom. The summed E-state index contributed by atoms with van der Waals surface area (Å²) in [5, 5.41) is -0.124. The fourth-order valence-electron chi connectivity index (χ4n) is 2.90. The van der Waals surface area contributed by atoms with Crippen LogP contribution in [0.1, 0.15) is 56.5 Å². The first-order valence-electron chi connectivity index (χ1n) is 7.65. The number of furan rings is 1. The minimum Gasteiger partial charge on any atom is -0.464 e. The van der Waals surface area contributed by atoms with Gasteiger partial charge in [0, 0.05) is 12.0 Å². The molecule has 20 heavy (non-hydrogen) atoms. The summed E-state index contributed by atoms with van der Waals surface area (Å²) >= 11 is 0. The van der Waals surface area contributed by atoms with Crippen LogP contribution >= 0.6 is 0 Å². The lowest BCUT2D eigenvalue weighted by molar-refractivity contribution is 0.347. The van der Waals surface area contributed by atoms with Gasteiger partial charge in [-0.1, -0.05) is 6.92 Å². The fraction of sp³-hybridized carbons (Fsp3) is 0.733. The van der Waals surface area contributed by atoms with Gasteiger partial charge in [-0.15, -0.1) is 0 Å². The molecule has 0 radical (unpaired) electrons. The number of hydrogen-bond acceptors (Lipinski definition) is 3. The largest absolute Gasteiger partial charge is 0.464 e. The van der Waals surface area contributed by atoms with Crippen LogP contribution in [0.4, 0.5) is 0 Å². The van der Waals surface area contributed by atoms with E-state index in [4.69, 9.17) is 4.42 Å². The van der Waals surface area contributed by atoms with E-state index in [1.807, 2.05) is 12.1 Å². The lowest BCUT2D eigenvalue weighted by Crippen LogP contribution is -2.35. The van der Waals surface area contributed by atoms with Crippen LogP contribution in [0.25, 0.3) is 0 Å². The van der Waals surface area contributed by atoms with E-state index in [1.54, 1.807) is 4.31 Å². The highest BCUT2D eigenvalue weighted by molar-refractivity contribution is 7.90. The summed E-state index contributed by atoms with van der Waals surface area (Å²) in [6, 6.07) is 4.20. The third kappa shape index (κ3) is 2.31. The third-order valence-corrected chi connectivity index (χ3v) is 7.09. The molecule has 0 bridgehead atoms. The molecule has 1 aromatic heterocycles. The van der Waals surface area contributed by atoms with E-state index in [0.717, 1.165) is 37.2 Å². The first-order chi connectivity index (χ1) is 9.55. The highest BCUT2D eigenvalue weighted by atomic mass is 32.2. The SMILES string of the molecule is C[C@@H]1C[C@@H]1c1ccc(CN(C2CC2)S(=O)(=O)C2CC2)o1. The molecule has 3 aliphatic rings. The standard InChI is InChI=1S/C15H21NO3S/c1-10-8-14(10)15-7-4-12(19-15)9-16(11-2-3-11)20(17,18)13-5-6-13/h4,7,10-11,13-14H,2-3,5-6,8-9H2,1H3/t10-,14+/m1/s1. The molecule has 0 N–H and O–H groups in total. The van der Waals surface area contributed by atoms with E-state index in [2.05, 4.69) is 6.92 Å². The second kappa shape index (κ2) is 4.34. The van der Waals surface area contributed by atoms with Gasteiger partial charge in [-0.05, 0) is 50.2 Å². The minimum absolute atomic E-state index is 0.124. The molecule has 0 aliphatic heterocycles. The summed E-state index contributed by atoms with van der Waals surface area (Å²) in [5.74, 6) is 3.10. The first-order valence-corrected chi connectivity index (χ1v) is 9.15. The average Bonchev–Trinajstić information content (AvgIpc) is 3.24. The molecule has 0 aromatic carbocycles. The van der Waals surface area contributed by atoms with Gasteiger partial charge in [-0.25, -0.2) is 8.42 Å². The maximum Gasteiger partial charge on any atom is 0.217 e. The molecule has 1 heterocycles. The normalized spacial score (nSPS) is 29.9. The zero-order chi connectivity index (χ0) is 13.9. The Morgan fingerprint density at radius 1 is 1.25 bits per heavy atom. The summed E-state index contributed by atoms with van der Waals surface area (Å²) in [4.78, 5) is 0. The second-order valence-corrected chi connectivity index (χ2v) is 8.81. The summed E-state index contributed by atoms with van der Waals surface area (Å²) < 4.78 is 32.5. The number of rotatable bonds is 6. The van der Waals surface area contributed by atoms with Crippen LogP contribution in [0, 0.1) is 5.92 Å². The van der Waals surface area contributed by atoms with E-state index < -0.39 is 10.0 Å². The Morgan fingerprint density at radius 3 is 2.50 bits per heavy atom. The maximum absolute atomic E-state index is 12.5. The molecule has 110 valence electrons. The summed E-state index contributed by atoms with van der Waals surface area (Å²) in [6.07, 6.45) is 4.85. The van der Waals surface area contributed by atoms with E-state index >= 15 is 0 Å². The summed E-state index contributed by atoms with van der Waals surface area (Å²) in [6.45, 7) is 2.64. The number of nitrogens with zero attached hydrogens (tertiary/aromatic N) is 1.